The Balaban J connectivity index is 2.50. The number of carbonyl (C=O) groups excluding carboxylic acids is 2. The first-order chi connectivity index (χ1) is 29.4. The molecule has 14 heteroatoms. The summed E-state index contributed by atoms with van der Waals surface area (Å²) in [6.45, 7) is 3.13. The topological polar surface area (TPSA) is 210 Å². The highest BCUT2D eigenvalue weighted by Crippen LogP contribution is 2.47. The van der Waals surface area contributed by atoms with E-state index < -0.39 is 75.7 Å². The zero-order valence-corrected chi connectivity index (χ0v) is 38.1. The lowest BCUT2D eigenvalue weighted by Crippen LogP contribution is -2.64. The number of allylic oxidation sites excluding steroid dienone is 10. The van der Waals surface area contributed by atoms with E-state index in [9.17, 15) is 44.6 Å². The average Bonchev–Trinajstić information content (AvgIpc) is 3.24. The van der Waals surface area contributed by atoms with Crippen molar-refractivity contribution in [3.8, 4) is 0 Å². The van der Waals surface area contributed by atoms with Gasteiger partial charge in [0.2, 0.25) is 0 Å². The molecule has 0 bridgehead atoms. The molecule has 0 aromatic carbocycles. The first-order valence-corrected chi connectivity index (χ1v) is 24.6. The molecule has 8 atom stereocenters. The Kier molecular flexibility index (Phi) is 34.3. The molecule has 1 rings (SSSR count). The molecule has 61 heavy (non-hydrogen) atoms. The van der Waals surface area contributed by atoms with Gasteiger partial charge in [0.15, 0.2) is 6.10 Å². The lowest BCUT2D eigenvalue weighted by atomic mass is 9.85. The van der Waals surface area contributed by atoms with Crippen molar-refractivity contribution in [2.45, 2.75) is 211 Å². The van der Waals surface area contributed by atoms with Gasteiger partial charge in [0.05, 0.1) is 6.61 Å². The minimum absolute atomic E-state index is 0.0851. The molecule has 1 aliphatic rings. The van der Waals surface area contributed by atoms with Crippen LogP contribution in [0.15, 0.2) is 60.8 Å². The molecule has 0 aromatic heterocycles. The van der Waals surface area contributed by atoms with Crippen molar-refractivity contribution in [2.75, 3.05) is 13.2 Å². The van der Waals surface area contributed by atoms with Crippen LogP contribution in [0.2, 0.25) is 0 Å². The summed E-state index contributed by atoms with van der Waals surface area (Å²) in [7, 11) is -5.13. The van der Waals surface area contributed by atoms with E-state index in [0.29, 0.717) is 19.3 Å². The largest absolute Gasteiger partial charge is 0.472 e. The van der Waals surface area contributed by atoms with Gasteiger partial charge in [-0.1, -0.05) is 164 Å². The molecule has 0 amide bonds. The molecular weight excluding hydrogens is 803 g/mol. The third kappa shape index (κ3) is 29.5. The van der Waals surface area contributed by atoms with Crippen molar-refractivity contribution >= 4 is 19.8 Å². The van der Waals surface area contributed by atoms with Crippen molar-refractivity contribution in [1.29, 1.82) is 0 Å². The fourth-order valence-corrected chi connectivity index (χ4v) is 7.65. The molecule has 0 radical (unpaired) electrons. The van der Waals surface area contributed by atoms with Crippen molar-refractivity contribution in [3.05, 3.63) is 60.8 Å². The monoisotopic (exact) mass is 885 g/mol. The van der Waals surface area contributed by atoms with Crippen molar-refractivity contribution in [2.24, 2.45) is 0 Å². The highest BCUT2D eigenvalue weighted by molar-refractivity contribution is 7.47. The lowest BCUT2D eigenvalue weighted by Gasteiger charge is -2.41. The molecule has 1 saturated carbocycles. The van der Waals surface area contributed by atoms with Crippen molar-refractivity contribution in [3.63, 3.8) is 0 Å². The van der Waals surface area contributed by atoms with Gasteiger partial charge in [-0.05, 0) is 51.4 Å². The van der Waals surface area contributed by atoms with E-state index >= 15 is 0 Å². The first kappa shape index (κ1) is 56.6. The van der Waals surface area contributed by atoms with Gasteiger partial charge in [-0.3, -0.25) is 18.6 Å². The van der Waals surface area contributed by atoms with Crippen LogP contribution in [0, 0.1) is 0 Å². The Morgan fingerprint density at radius 2 is 0.934 bits per heavy atom. The maximum absolute atomic E-state index is 12.8. The van der Waals surface area contributed by atoms with Crippen molar-refractivity contribution < 1.29 is 63.1 Å². The Morgan fingerprint density at radius 1 is 0.525 bits per heavy atom. The van der Waals surface area contributed by atoms with Crippen LogP contribution in [-0.2, 0) is 32.7 Å². The SMILES string of the molecule is CC/C=C\C/C=C\C/C=C\C/C=C\C/C=C\CCCC(=O)OC[C@H](COP(=O)(O)OC1C(O)C(O)C(O)[C@@H](O)C1O)OC(=O)CCCCCCCCCCCCCCCCC. The average molecular weight is 885 g/mol. The van der Waals surface area contributed by atoms with E-state index in [4.69, 9.17) is 18.5 Å². The van der Waals surface area contributed by atoms with E-state index in [1.54, 1.807) is 0 Å². The van der Waals surface area contributed by atoms with Crippen molar-refractivity contribution in [1.82, 2.24) is 0 Å². The number of aliphatic hydroxyl groups excluding tert-OH is 5. The summed E-state index contributed by atoms with van der Waals surface area (Å²) in [4.78, 5) is 35.7. The number of carbonyl (C=O) groups is 2. The molecule has 6 unspecified atom stereocenters. The fourth-order valence-electron chi connectivity index (χ4n) is 6.68. The molecule has 0 aromatic rings. The van der Waals surface area contributed by atoms with Gasteiger partial charge in [0.25, 0.3) is 0 Å². The summed E-state index contributed by atoms with van der Waals surface area (Å²) in [6.07, 6.45) is 31.4. The first-order valence-electron chi connectivity index (χ1n) is 23.1. The molecular formula is C47H81O13P. The van der Waals surface area contributed by atoms with E-state index in [2.05, 4.69) is 62.5 Å². The highest BCUT2D eigenvalue weighted by atomic mass is 31.2. The second-order valence-electron chi connectivity index (χ2n) is 15.9. The second kappa shape index (κ2) is 37.0. The summed E-state index contributed by atoms with van der Waals surface area (Å²) in [5, 5.41) is 50.1. The van der Waals surface area contributed by atoms with Crippen LogP contribution in [0.5, 0.6) is 0 Å². The number of hydrogen-bond acceptors (Lipinski definition) is 12. The van der Waals surface area contributed by atoms with Gasteiger partial charge in [-0.15, -0.1) is 0 Å². The Labute approximate surface area is 366 Å². The molecule has 0 heterocycles. The minimum Gasteiger partial charge on any atom is -0.462 e. The molecule has 1 fully saturated rings. The van der Waals surface area contributed by atoms with Gasteiger partial charge in [-0.25, -0.2) is 4.57 Å². The normalized spacial score (nSPS) is 22.6. The Bertz CT molecular complexity index is 1300. The summed E-state index contributed by atoms with van der Waals surface area (Å²) in [6, 6.07) is 0. The number of unbranched alkanes of at least 4 members (excludes halogenated alkanes) is 15. The summed E-state index contributed by atoms with van der Waals surface area (Å²) >= 11 is 0. The smallest absolute Gasteiger partial charge is 0.462 e. The van der Waals surface area contributed by atoms with E-state index in [1.807, 2.05) is 12.2 Å². The van der Waals surface area contributed by atoms with Crippen LogP contribution < -0.4 is 0 Å². The van der Waals surface area contributed by atoms with Crippen LogP contribution in [-0.4, -0.2) is 98.3 Å². The van der Waals surface area contributed by atoms with Gasteiger partial charge in [0, 0.05) is 12.8 Å². The highest BCUT2D eigenvalue weighted by Gasteiger charge is 2.51. The molecule has 6 N–H and O–H groups in total. The number of phosphoric acid groups is 1. The van der Waals surface area contributed by atoms with E-state index in [1.165, 1.54) is 64.2 Å². The van der Waals surface area contributed by atoms with Crippen LogP contribution in [0.3, 0.4) is 0 Å². The van der Waals surface area contributed by atoms with Gasteiger partial charge >= 0.3 is 19.8 Å². The molecule has 0 aliphatic heterocycles. The van der Waals surface area contributed by atoms with Crippen LogP contribution in [0.1, 0.15) is 168 Å². The fraction of sp³-hybridized carbons (Fsp3) is 0.745. The predicted octanol–water partition coefficient (Wildman–Crippen LogP) is 8.94. The zero-order chi connectivity index (χ0) is 45.0. The van der Waals surface area contributed by atoms with Crippen LogP contribution in [0.4, 0.5) is 0 Å². The number of phosphoric ester groups is 1. The molecule has 1 aliphatic carbocycles. The quantitative estimate of drug-likeness (QED) is 0.0149. The minimum atomic E-state index is -5.13. The number of rotatable bonds is 37. The number of hydrogen-bond donors (Lipinski definition) is 6. The summed E-state index contributed by atoms with van der Waals surface area (Å²) < 4.78 is 33.5. The maximum atomic E-state index is 12.8. The number of ether oxygens (including phenoxy) is 2. The number of esters is 2. The second-order valence-corrected chi connectivity index (χ2v) is 17.3. The standard InChI is InChI=1S/C47H81O13P/c1-3-5-7-9-11-13-15-17-19-20-22-23-25-27-29-31-33-35-40(48)57-37-39(38-58-61(55,56)60-47-45(53)43(51)42(50)44(52)46(47)54)59-41(49)36-34-32-30-28-26-24-21-18-16-14-12-10-8-6-4-2/h5,7,11,13,17,19,22-23,27,29,39,42-47,50-54H,3-4,6,8-10,12,14-16,18,20-21,24-26,28,30-38H2,1-2H3,(H,55,56)/b7-5-,13-11-,19-17-,23-22-,29-27-/t39-,42?,43-,44?,45?,46?,47?/m1/s1. The molecule has 13 nitrogen and oxygen atoms in total. The Morgan fingerprint density at radius 3 is 1.41 bits per heavy atom. The molecule has 0 spiro atoms. The van der Waals surface area contributed by atoms with Crippen LogP contribution >= 0.6 is 7.82 Å². The van der Waals surface area contributed by atoms with E-state index in [-0.39, 0.29) is 12.8 Å². The van der Waals surface area contributed by atoms with E-state index in [0.717, 1.165) is 57.8 Å². The maximum Gasteiger partial charge on any atom is 0.472 e. The van der Waals surface area contributed by atoms with Gasteiger partial charge < -0.3 is 39.9 Å². The predicted molar refractivity (Wildman–Crippen MR) is 239 cm³/mol. The third-order valence-corrected chi connectivity index (χ3v) is 11.4. The summed E-state index contributed by atoms with van der Waals surface area (Å²) in [5.41, 5.74) is 0. The summed E-state index contributed by atoms with van der Waals surface area (Å²) in [5.74, 6) is -1.17. The van der Waals surface area contributed by atoms with Gasteiger partial charge in [0.1, 0.15) is 43.2 Å². The Hall–Kier alpha value is -2.45. The van der Waals surface area contributed by atoms with Crippen LogP contribution in [0.25, 0.3) is 0 Å². The van der Waals surface area contributed by atoms with Gasteiger partial charge in [-0.2, -0.15) is 0 Å². The third-order valence-electron chi connectivity index (χ3n) is 10.4. The lowest BCUT2D eigenvalue weighted by molar-refractivity contribution is -0.220. The molecule has 352 valence electrons. The number of aliphatic hydroxyl groups is 5. The molecule has 0 saturated heterocycles. The zero-order valence-electron chi connectivity index (χ0n) is 37.2.